The van der Waals surface area contributed by atoms with Gasteiger partial charge in [0.05, 0.1) is 19.8 Å². The van der Waals surface area contributed by atoms with Crippen molar-refractivity contribution in [2.24, 2.45) is 0 Å². The molecule has 0 atom stereocenters. The van der Waals surface area contributed by atoms with Gasteiger partial charge in [-0.1, -0.05) is 0 Å². The molecule has 0 aliphatic rings. The van der Waals surface area contributed by atoms with Gasteiger partial charge in [-0.05, 0) is 12.1 Å². The SMILES string of the molecule is COc1cccnc1-c1[c]ncnc1OC. The maximum absolute atomic E-state index is 5.21. The summed E-state index contributed by atoms with van der Waals surface area (Å²) in [4.78, 5) is 12.0. The molecule has 1 radical (unpaired) electrons. The molecule has 2 rings (SSSR count). The van der Waals surface area contributed by atoms with Crippen LogP contribution in [0.5, 0.6) is 11.6 Å². The predicted octanol–water partition coefficient (Wildman–Crippen LogP) is 1.36. The second-order valence-electron chi connectivity index (χ2n) is 2.92. The van der Waals surface area contributed by atoms with E-state index in [4.69, 9.17) is 9.47 Å². The van der Waals surface area contributed by atoms with Gasteiger partial charge in [0.2, 0.25) is 5.88 Å². The average molecular weight is 216 g/mol. The van der Waals surface area contributed by atoms with Crippen molar-refractivity contribution in [2.75, 3.05) is 14.2 Å². The van der Waals surface area contributed by atoms with E-state index in [1.807, 2.05) is 6.07 Å². The van der Waals surface area contributed by atoms with E-state index in [1.54, 1.807) is 19.4 Å². The van der Waals surface area contributed by atoms with Crippen molar-refractivity contribution in [3.05, 3.63) is 30.9 Å². The topological polar surface area (TPSA) is 57.1 Å². The van der Waals surface area contributed by atoms with Gasteiger partial charge in [0.15, 0.2) is 0 Å². The Labute approximate surface area is 93.1 Å². The maximum Gasteiger partial charge on any atom is 0.226 e. The number of hydrogen-bond acceptors (Lipinski definition) is 5. The van der Waals surface area contributed by atoms with Crippen molar-refractivity contribution < 1.29 is 9.47 Å². The first-order valence-corrected chi connectivity index (χ1v) is 4.63. The van der Waals surface area contributed by atoms with Crippen molar-refractivity contribution in [1.82, 2.24) is 15.0 Å². The third kappa shape index (κ3) is 1.79. The Balaban J connectivity index is 2.58. The Morgan fingerprint density at radius 3 is 2.81 bits per heavy atom. The fourth-order valence-electron chi connectivity index (χ4n) is 1.34. The highest BCUT2D eigenvalue weighted by Crippen LogP contribution is 2.31. The zero-order valence-electron chi connectivity index (χ0n) is 8.97. The molecular formula is C11H10N3O2. The van der Waals surface area contributed by atoms with Crippen LogP contribution >= 0.6 is 0 Å². The van der Waals surface area contributed by atoms with Crippen molar-refractivity contribution in [1.29, 1.82) is 0 Å². The van der Waals surface area contributed by atoms with E-state index >= 15 is 0 Å². The lowest BCUT2D eigenvalue weighted by Gasteiger charge is -2.08. The molecule has 0 N–H and O–H groups in total. The molecule has 0 amide bonds. The number of hydrogen-bond donors (Lipinski definition) is 0. The van der Waals surface area contributed by atoms with Crippen LogP contribution in [0.25, 0.3) is 11.3 Å². The summed E-state index contributed by atoms with van der Waals surface area (Å²) in [6, 6.07) is 3.60. The van der Waals surface area contributed by atoms with Gasteiger partial charge in [-0.3, -0.25) is 4.98 Å². The third-order valence-electron chi connectivity index (χ3n) is 2.04. The fourth-order valence-corrected chi connectivity index (χ4v) is 1.34. The molecule has 2 aromatic heterocycles. The van der Waals surface area contributed by atoms with E-state index < -0.39 is 0 Å². The van der Waals surface area contributed by atoms with Crippen molar-refractivity contribution >= 4 is 0 Å². The van der Waals surface area contributed by atoms with E-state index in [1.165, 1.54) is 13.4 Å². The summed E-state index contributed by atoms with van der Waals surface area (Å²) in [5.74, 6) is 1.05. The van der Waals surface area contributed by atoms with Gasteiger partial charge in [0.1, 0.15) is 24.0 Å². The molecule has 5 heteroatoms. The summed E-state index contributed by atoms with van der Waals surface area (Å²) < 4.78 is 10.3. The quantitative estimate of drug-likeness (QED) is 0.775. The van der Waals surface area contributed by atoms with Crippen LogP contribution in [0.1, 0.15) is 0 Å². The van der Waals surface area contributed by atoms with Crippen LogP contribution < -0.4 is 9.47 Å². The molecule has 0 aliphatic carbocycles. The minimum absolute atomic E-state index is 0.423. The molecule has 0 aliphatic heterocycles. The Bertz CT molecular complexity index is 443. The van der Waals surface area contributed by atoms with Gasteiger partial charge in [-0.15, -0.1) is 0 Å². The first-order valence-electron chi connectivity index (χ1n) is 4.63. The Morgan fingerprint density at radius 1 is 1.19 bits per heavy atom. The van der Waals surface area contributed by atoms with Crippen LogP contribution in [0.3, 0.4) is 0 Å². The van der Waals surface area contributed by atoms with Gasteiger partial charge >= 0.3 is 0 Å². The molecular weight excluding hydrogens is 206 g/mol. The van der Waals surface area contributed by atoms with Gasteiger partial charge < -0.3 is 9.47 Å². The summed E-state index contributed by atoms with van der Waals surface area (Å²) in [7, 11) is 3.12. The molecule has 16 heavy (non-hydrogen) atoms. The van der Waals surface area contributed by atoms with E-state index in [0.717, 1.165) is 0 Å². The van der Waals surface area contributed by atoms with Crippen LogP contribution in [-0.2, 0) is 0 Å². The highest BCUT2D eigenvalue weighted by molar-refractivity contribution is 5.69. The summed E-state index contributed by atoms with van der Waals surface area (Å²) in [6.07, 6.45) is 5.84. The summed E-state index contributed by atoms with van der Waals surface area (Å²) in [6.45, 7) is 0. The highest BCUT2D eigenvalue weighted by atomic mass is 16.5. The zero-order valence-corrected chi connectivity index (χ0v) is 8.97. The average Bonchev–Trinajstić information content (AvgIpc) is 2.38. The van der Waals surface area contributed by atoms with E-state index in [-0.39, 0.29) is 0 Å². The minimum atomic E-state index is 0.423. The van der Waals surface area contributed by atoms with Crippen molar-refractivity contribution in [3.63, 3.8) is 0 Å². The summed E-state index contributed by atoms with van der Waals surface area (Å²) >= 11 is 0. The van der Waals surface area contributed by atoms with E-state index in [2.05, 4.69) is 21.1 Å². The van der Waals surface area contributed by atoms with Crippen LogP contribution in [-0.4, -0.2) is 29.2 Å². The largest absolute Gasteiger partial charge is 0.494 e. The molecule has 0 unspecified atom stereocenters. The molecule has 2 aromatic rings. The van der Waals surface area contributed by atoms with Gasteiger partial charge in [-0.2, -0.15) is 0 Å². The first kappa shape index (κ1) is 10.4. The minimum Gasteiger partial charge on any atom is -0.494 e. The lowest BCUT2D eigenvalue weighted by Crippen LogP contribution is -1.96. The number of methoxy groups -OCH3 is 2. The lowest BCUT2D eigenvalue weighted by molar-refractivity contribution is 0.396. The van der Waals surface area contributed by atoms with Gasteiger partial charge in [-0.25, -0.2) is 9.97 Å². The van der Waals surface area contributed by atoms with Crippen LogP contribution in [0, 0.1) is 6.20 Å². The van der Waals surface area contributed by atoms with Gasteiger partial charge in [0.25, 0.3) is 0 Å². The molecule has 0 aromatic carbocycles. The fraction of sp³-hybridized carbons (Fsp3) is 0.182. The predicted molar refractivity (Wildman–Crippen MR) is 57.2 cm³/mol. The Kier molecular flexibility index (Phi) is 2.95. The van der Waals surface area contributed by atoms with Gasteiger partial charge in [0, 0.05) is 6.20 Å². The maximum atomic E-state index is 5.21. The molecule has 0 fully saturated rings. The third-order valence-corrected chi connectivity index (χ3v) is 2.04. The number of pyridine rings is 1. The molecule has 0 bridgehead atoms. The zero-order chi connectivity index (χ0) is 11.4. The summed E-state index contributed by atoms with van der Waals surface area (Å²) in [5, 5.41) is 0. The molecule has 2 heterocycles. The van der Waals surface area contributed by atoms with Crippen LogP contribution in [0.15, 0.2) is 24.7 Å². The van der Waals surface area contributed by atoms with E-state index in [9.17, 15) is 0 Å². The Morgan fingerprint density at radius 2 is 2.06 bits per heavy atom. The van der Waals surface area contributed by atoms with E-state index in [0.29, 0.717) is 22.9 Å². The molecule has 81 valence electrons. The second kappa shape index (κ2) is 4.57. The molecule has 5 nitrogen and oxygen atoms in total. The summed E-state index contributed by atoms with van der Waals surface area (Å²) in [5.41, 5.74) is 1.20. The number of aromatic nitrogens is 3. The number of rotatable bonds is 3. The lowest BCUT2D eigenvalue weighted by atomic mass is 10.2. The van der Waals surface area contributed by atoms with Crippen LogP contribution in [0.4, 0.5) is 0 Å². The number of ether oxygens (including phenoxy) is 2. The number of nitrogens with zero attached hydrogens (tertiary/aromatic N) is 3. The van der Waals surface area contributed by atoms with Crippen molar-refractivity contribution in [3.8, 4) is 22.9 Å². The van der Waals surface area contributed by atoms with Crippen molar-refractivity contribution in [2.45, 2.75) is 0 Å². The first-order chi connectivity index (χ1) is 7.86. The second-order valence-corrected chi connectivity index (χ2v) is 2.92. The smallest absolute Gasteiger partial charge is 0.226 e. The molecule has 0 saturated carbocycles. The molecule has 0 spiro atoms. The Hall–Kier alpha value is -2.17. The van der Waals surface area contributed by atoms with Crippen LogP contribution in [0.2, 0.25) is 0 Å². The highest BCUT2D eigenvalue weighted by Gasteiger charge is 2.13. The monoisotopic (exact) mass is 216 g/mol. The molecule has 0 saturated heterocycles. The standard InChI is InChI=1S/C11H10N3O2/c1-15-9-4-3-5-13-10(9)8-6-12-7-14-11(8)16-2/h3-5,7H,1-2H3. The normalized spacial score (nSPS) is 9.88.